The standard InChI is InChI=1S/C19H19FN2/c1-3-10-22(13-15-4-7-17(20)8-5-15)18-9-6-16-11-14(2)21-19(16)12-18/h3-9,12,21H,1-2,10-11,13H2. The smallest absolute Gasteiger partial charge is 0.123 e. The molecule has 1 heterocycles. The van der Waals surface area contributed by atoms with E-state index in [-0.39, 0.29) is 5.82 Å². The Bertz CT molecular complexity index is 704. The number of allylic oxidation sites excluding steroid dienone is 1. The summed E-state index contributed by atoms with van der Waals surface area (Å²) in [5.41, 5.74) is 5.61. The topological polar surface area (TPSA) is 15.3 Å². The first kappa shape index (κ1) is 14.4. The van der Waals surface area contributed by atoms with E-state index in [0.29, 0.717) is 6.54 Å². The Balaban J connectivity index is 1.85. The fourth-order valence-corrected chi connectivity index (χ4v) is 2.72. The van der Waals surface area contributed by atoms with Crippen molar-refractivity contribution in [2.45, 2.75) is 13.0 Å². The third kappa shape index (κ3) is 3.03. The molecule has 2 aromatic carbocycles. The molecule has 2 aromatic rings. The van der Waals surface area contributed by atoms with Gasteiger partial charge in [-0.1, -0.05) is 30.9 Å². The van der Waals surface area contributed by atoms with Crippen molar-refractivity contribution in [3.63, 3.8) is 0 Å². The SMILES string of the molecule is C=CCN(Cc1ccc(F)cc1)c1ccc2c(c1)NC(=C)C2. The largest absolute Gasteiger partial charge is 0.363 e. The molecule has 0 fully saturated rings. The highest BCUT2D eigenvalue weighted by atomic mass is 19.1. The Morgan fingerprint density at radius 2 is 1.95 bits per heavy atom. The molecule has 0 radical (unpaired) electrons. The zero-order chi connectivity index (χ0) is 15.5. The first-order valence-corrected chi connectivity index (χ1v) is 7.34. The quantitative estimate of drug-likeness (QED) is 0.817. The number of nitrogens with zero attached hydrogens (tertiary/aromatic N) is 1. The Hall–Kier alpha value is -2.55. The van der Waals surface area contributed by atoms with Crippen molar-refractivity contribution < 1.29 is 4.39 Å². The van der Waals surface area contributed by atoms with E-state index < -0.39 is 0 Å². The molecule has 3 rings (SSSR count). The van der Waals surface area contributed by atoms with E-state index in [1.165, 1.54) is 17.7 Å². The number of halogens is 1. The molecule has 0 amide bonds. The fourth-order valence-electron chi connectivity index (χ4n) is 2.72. The van der Waals surface area contributed by atoms with Crippen LogP contribution in [-0.2, 0) is 13.0 Å². The molecule has 22 heavy (non-hydrogen) atoms. The summed E-state index contributed by atoms with van der Waals surface area (Å²) in [6, 6.07) is 13.0. The van der Waals surface area contributed by atoms with Crippen LogP contribution in [0.25, 0.3) is 0 Å². The Kier molecular flexibility index (Phi) is 3.96. The molecule has 0 spiro atoms. The maximum Gasteiger partial charge on any atom is 0.123 e. The number of anilines is 2. The van der Waals surface area contributed by atoms with Crippen LogP contribution in [0.5, 0.6) is 0 Å². The van der Waals surface area contributed by atoms with E-state index in [1.54, 1.807) is 0 Å². The van der Waals surface area contributed by atoms with E-state index in [9.17, 15) is 4.39 Å². The lowest BCUT2D eigenvalue weighted by molar-refractivity contribution is 0.626. The van der Waals surface area contributed by atoms with Crippen LogP contribution in [0.4, 0.5) is 15.8 Å². The molecule has 1 aliphatic heterocycles. The number of nitrogens with one attached hydrogen (secondary N) is 1. The van der Waals surface area contributed by atoms with Gasteiger partial charge in [-0.05, 0) is 35.4 Å². The van der Waals surface area contributed by atoms with Crippen molar-refractivity contribution >= 4 is 11.4 Å². The van der Waals surface area contributed by atoms with Crippen LogP contribution >= 0.6 is 0 Å². The Morgan fingerprint density at radius 1 is 1.18 bits per heavy atom. The van der Waals surface area contributed by atoms with Gasteiger partial charge in [0.1, 0.15) is 5.82 Å². The average Bonchev–Trinajstić information content (AvgIpc) is 2.88. The van der Waals surface area contributed by atoms with Crippen LogP contribution in [0.15, 0.2) is 67.4 Å². The molecule has 0 bridgehead atoms. The van der Waals surface area contributed by atoms with Crippen LogP contribution in [0.2, 0.25) is 0 Å². The summed E-state index contributed by atoms with van der Waals surface area (Å²) in [4.78, 5) is 2.21. The fraction of sp³-hybridized carbons (Fsp3) is 0.158. The molecule has 0 aliphatic carbocycles. The monoisotopic (exact) mass is 294 g/mol. The normalized spacial score (nSPS) is 12.7. The maximum absolute atomic E-state index is 13.0. The van der Waals surface area contributed by atoms with Crippen molar-refractivity contribution in [2.75, 3.05) is 16.8 Å². The van der Waals surface area contributed by atoms with E-state index in [1.807, 2.05) is 18.2 Å². The van der Waals surface area contributed by atoms with Gasteiger partial charge in [-0.25, -0.2) is 4.39 Å². The van der Waals surface area contributed by atoms with Crippen molar-refractivity contribution in [3.8, 4) is 0 Å². The van der Waals surface area contributed by atoms with Gasteiger partial charge >= 0.3 is 0 Å². The summed E-state index contributed by atoms with van der Waals surface area (Å²) in [7, 11) is 0. The van der Waals surface area contributed by atoms with Crippen molar-refractivity contribution in [3.05, 3.63) is 84.3 Å². The third-order valence-corrected chi connectivity index (χ3v) is 3.81. The van der Waals surface area contributed by atoms with Crippen molar-refractivity contribution in [1.82, 2.24) is 0 Å². The molecule has 2 nitrogen and oxygen atoms in total. The predicted octanol–water partition coefficient (Wildman–Crippen LogP) is 4.50. The van der Waals surface area contributed by atoms with Gasteiger partial charge < -0.3 is 10.2 Å². The minimum Gasteiger partial charge on any atom is -0.363 e. The van der Waals surface area contributed by atoms with Crippen LogP contribution in [-0.4, -0.2) is 6.54 Å². The molecule has 1 aliphatic rings. The number of hydrogen-bond acceptors (Lipinski definition) is 2. The molecule has 0 unspecified atom stereocenters. The van der Waals surface area contributed by atoms with Gasteiger partial charge in [0.15, 0.2) is 0 Å². The lowest BCUT2D eigenvalue weighted by atomic mass is 10.1. The minimum absolute atomic E-state index is 0.209. The first-order valence-electron chi connectivity index (χ1n) is 7.34. The third-order valence-electron chi connectivity index (χ3n) is 3.81. The second-order valence-corrected chi connectivity index (χ2v) is 5.54. The summed E-state index contributed by atoms with van der Waals surface area (Å²) in [6.45, 7) is 9.26. The molecule has 3 heteroatoms. The summed E-state index contributed by atoms with van der Waals surface area (Å²) >= 11 is 0. The first-order chi connectivity index (χ1) is 10.7. The van der Waals surface area contributed by atoms with Gasteiger partial charge in [-0.3, -0.25) is 0 Å². The average molecular weight is 294 g/mol. The molecule has 1 N–H and O–H groups in total. The Morgan fingerprint density at radius 3 is 2.68 bits per heavy atom. The number of rotatable bonds is 5. The van der Waals surface area contributed by atoms with Crippen molar-refractivity contribution in [1.29, 1.82) is 0 Å². The summed E-state index contributed by atoms with van der Waals surface area (Å²) < 4.78 is 13.0. The van der Waals surface area contributed by atoms with Crippen LogP contribution < -0.4 is 10.2 Å². The number of benzene rings is 2. The highest BCUT2D eigenvalue weighted by Crippen LogP contribution is 2.31. The van der Waals surface area contributed by atoms with Crippen LogP contribution in [0, 0.1) is 5.82 Å². The summed E-state index contributed by atoms with van der Waals surface area (Å²) in [6.07, 6.45) is 2.76. The van der Waals surface area contributed by atoms with E-state index in [2.05, 4.69) is 41.6 Å². The molecular formula is C19H19FN2. The van der Waals surface area contributed by atoms with E-state index in [0.717, 1.165) is 35.6 Å². The maximum atomic E-state index is 13.0. The lowest BCUT2D eigenvalue weighted by Crippen LogP contribution is -2.22. The second-order valence-electron chi connectivity index (χ2n) is 5.54. The molecular weight excluding hydrogens is 275 g/mol. The molecule has 112 valence electrons. The zero-order valence-corrected chi connectivity index (χ0v) is 12.5. The van der Waals surface area contributed by atoms with Gasteiger partial charge in [-0.15, -0.1) is 6.58 Å². The predicted molar refractivity (Wildman–Crippen MR) is 90.6 cm³/mol. The zero-order valence-electron chi connectivity index (χ0n) is 12.5. The van der Waals surface area contributed by atoms with E-state index in [4.69, 9.17) is 0 Å². The number of fused-ring (bicyclic) bond motifs is 1. The summed E-state index contributed by atoms with van der Waals surface area (Å²) in [5, 5.41) is 3.31. The van der Waals surface area contributed by atoms with Gasteiger partial charge in [-0.2, -0.15) is 0 Å². The van der Waals surface area contributed by atoms with Gasteiger partial charge in [0.05, 0.1) is 0 Å². The van der Waals surface area contributed by atoms with E-state index >= 15 is 0 Å². The minimum atomic E-state index is -0.209. The summed E-state index contributed by atoms with van der Waals surface area (Å²) in [5.74, 6) is -0.209. The highest BCUT2D eigenvalue weighted by molar-refractivity contribution is 5.68. The molecule has 0 saturated carbocycles. The molecule has 0 aromatic heterocycles. The highest BCUT2D eigenvalue weighted by Gasteiger charge is 2.15. The van der Waals surface area contributed by atoms with Gasteiger partial charge in [0.2, 0.25) is 0 Å². The van der Waals surface area contributed by atoms with Gasteiger partial charge in [0.25, 0.3) is 0 Å². The Labute approximate surface area is 130 Å². The molecule has 0 atom stereocenters. The second kappa shape index (κ2) is 6.06. The molecule has 0 saturated heterocycles. The van der Waals surface area contributed by atoms with Crippen molar-refractivity contribution in [2.24, 2.45) is 0 Å². The number of hydrogen-bond donors (Lipinski definition) is 1. The van der Waals surface area contributed by atoms with Gasteiger partial charge in [0, 0.05) is 36.6 Å². The van der Waals surface area contributed by atoms with Crippen LogP contribution in [0.3, 0.4) is 0 Å². The van der Waals surface area contributed by atoms with Crippen LogP contribution in [0.1, 0.15) is 11.1 Å². The lowest BCUT2D eigenvalue weighted by Gasteiger charge is -2.24.